The molecule has 7 rings (SSSR count). The molecule has 442 valence electrons. The maximum atomic E-state index is 13.0. The standard InChI is InChI=1S/C19H18BrF3O2.C19H19ClO3.C9H9BrO2.C9H9ClO2.C7H4F3I/c1-4-25-17(24)15-9-8-14(20)11-16(15)18(2,3)12-6-5-7-13(10-12)19(21,22)23;1-4-23-18(22)15-11-10-14(20)12-16(15)19(2,3)17(21)13-8-6-5-7-9-13;2*1-2-12-9(11)7-3-5-8(10)6-4-7;8-7(9,10)5-2-1-3-6(11)4-5/h5-11H,4H2,1-3H3;5-12H,4H2,1-3H3;2*3-6H,2H2,1H3;1-4H. The van der Waals surface area contributed by atoms with Gasteiger partial charge in [-0.3, -0.25) is 4.79 Å². The lowest BCUT2D eigenvalue weighted by Gasteiger charge is -2.29. The zero-order valence-electron chi connectivity index (χ0n) is 46.2. The molecule has 0 heterocycles. The number of Topliss-reactive ketones (excluding diaryl/α,β-unsaturated/α-hetero) is 1. The van der Waals surface area contributed by atoms with Crippen molar-refractivity contribution in [1.82, 2.24) is 0 Å². The molecule has 0 radical (unpaired) electrons. The van der Waals surface area contributed by atoms with Crippen LogP contribution in [0.2, 0.25) is 10.0 Å². The SMILES string of the molecule is CCOC(=O)c1ccc(Br)cc1.CCOC(=O)c1ccc(Br)cc1C(C)(C)c1cccc(C(F)(F)F)c1.CCOC(=O)c1ccc(Cl)cc1.CCOC(=O)c1ccc(Cl)cc1C(C)(C)C(=O)c1ccccc1.FC(F)(F)c1cccc(I)c1. The van der Waals surface area contributed by atoms with Crippen molar-refractivity contribution in [3.05, 3.63) is 242 Å². The van der Waals surface area contributed by atoms with Gasteiger partial charge in [0.25, 0.3) is 0 Å². The van der Waals surface area contributed by atoms with Gasteiger partial charge in [-0.2, -0.15) is 26.3 Å². The molecule has 0 fully saturated rings. The third kappa shape index (κ3) is 22.5. The van der Waals surface area contributed by atoms with Crippen LogP contribution in [0.15, 0.2) is 173 Å². The van der Waals surface area contributed by atoms with Gasteiger partial charge in [0, 0.05) is 33.5 Å². The molecule has 0 spiro atoms. The number of benzene rings is 7. The lowest BCUT2D eigenvalue weighted by atomic mass is 9.75. The second kappa shape index (κ2) is 33.4. The first-order valence-corrected chi connectivity index (χ1v) is 28.7. The third-order valence-electron chi connectivity index (χ3n) is 11.7. The van der Waals surface area contributed by atoms with Gasteiger partial charge in [0.15, 0.2) is 5.78 Å². The van der Waals surface area contributed by atoms with E-state index in [1.54, 1.807) is 152 Å². The predicted molar refractivity (Wildman–Crippen MR) is 327 cm³/mol. The molecular formula is C63H59Br2Cl2F6IO9. The number of carbonyl (C=O) groups excluding carboxylic acids is 5. The summed E-state index contributed by atoms with van der Waals surface area (Å²) in [6.45, 7) is 15.4. The van der Waals surface area contributed by atoms with Gasteiger partial charge in [-0.1, -0.05) is 124 Å². The molecule has 0 unspecified atom stereocenters. The number of halogens is 11. The maximum Gasteiger partial charge on any atom is 0.416 e. The van der Waals surface area contributed by atoms with Crippen molar-refractivity contribution < 1.29 is 69.3 Å². The Hall–Kier alpha value is -6.06. The number of esters is 4. The highest BCUT2D eigenvalue weighted by atomic mass is 127. The lowest BCUT2D eigenvalue weighted by molar-refractivity contribution is -0.138. The number of ketones is 1. The molecule has 7 aromatic carbocycles. The van der Waals surface area contributed by atoms with Crippen LogP contribution < -0.4 is 0 Å². The molecular weight excluding hydrogens is 1370 g/mol. The first-order valence-electron chi connectivity index (χ1n) is 25.3. The average Bonchev–Trinajstić information content (AvgIpc) is 3.62. The monoisotopic (exact) mass is 1430 g/mol. The fourth-order valence-corrected chi connectivity index (χ4v) is 8.89. The second-order valence-electron chi connectivity index (χ2n) is 18.3. The summed E-state index contributed by atoms with van der Waals surface area (Å²) in [7, 11) is 0. The summed E-state index contributed by atoms with van der Waals surface area (Å²) in [6.07, 6.45) is -8.64. The van der Waals surface area contributed by atoms with E-state index in [-0.39, 0.29) is 30.9 Å². The number of rotatable bonds is 13. The van der Waals surface area contributed by atoms with Gasteiger partial charge in [-0.25, -0.2) is 19.2 Å². The number of ether oxygens (including phenoxy) is 4. The molecule has 0 aliphatic heterocycles. The van der Waals surface area contributed by atoms with Crippen LogP contribution in [-0.2, 0) is 42.1 Å². The normalized spacial score (nSPS) is 11.0. The predicted octanol–water partition coefficient (Wildman–Crippen LogP) is 19.1. The Morgan fingerprint density at radius 1 is 0.434 bits per heavy atom. The molecule has 0 aromatic heterocycles. The lowest BCUT2D eigenvalue weighted by Crippen LogP contribution is -2.31. The molecule has 0 aliphatic carbocycles. The molecule has 20 heteroatoms. The van der Waals surface area contributed by atoms with Gasteiger partial charge in [0.2, 0.25) is 0 Å². The number of alkyl halides is 6. The summed E-state index contributed by atoms with van der Waals surface area (Å²) in [4.78, 5) is 59.6. The summed E-state index contributed by atoms with van der Waals surface area (Å²) >= 11 is 20.2. The summed E-state index contributed by atoms with van der Waals surface area (Å²) in [5.74, 6) is -1.61. The highest BCUT2D eigenvalue weighted by molar-refractivity contribution is 14.1. The Balaban J connectivity index is 0.000000285. The van der Waals surface area contributed by atoms with E-state index in [2.05, 4.69) is 31.9 Å². The van der Waals surface area contributed by atoms with E-state index in [1.165, 1.54) is 12.1 Å². The fraction of sp³-hybridized carbons (Fsp3) is 0.254. The fourth-order valence-electron chi connectivity index (χ4n) is 7.42. The van der Waals surface area contributed by atoms with E-state index < -0.39 is 46.2 Å². The van der Waals surface area contributed by atoms with Crippen LogP contribution in [0.3, 0.4) is 0 Å². The average molecular weight is 1430 g/mol. The molecule has 0 N–H and O–H groups in total. The molecule has 0 amide bonds. The summed E-state index contributed by atoms with van der Waals surface area (Å²) in [6, 6.07) is 43.0. The van der Waals surface area contributed by atoms with Crippen molar-refractivity contribution in [2.75, 3.05) is 26.4 Å². The molecule has 0 aliphatic rings. The van der Waals surface area contributed by atoms with E-state index in [4.69, 9.17) is 42.1 Å². The third-order valence-corrected chi connectivity index (χ3v) is 13.9. The second-order valence-corrected chi connectivity index (χ2v) is 22.3. The van der Waals surface area contributed by atoms with Crippen molar-refractivity contribution >= 4 is 107 Å². The van der Waals surface area contributed by atoms with E-state index in [0.29, 0.717) is 71.3 Å². The largest absolute Gasteiger partial charge is 0.462 e. The van der Waals surface area contributed by atoms with Gasteiger partial charge in [0.1, 0.15) is 0 Å². The summed E-state index contributed by atoms with van der Waals surface area (Å²) < 4.78 is 97.1. The molecule has 0 bridgehead atoms. The van der Waals surface area contributed by atoms with E-state index >= 15 is 0 Å². The van der Waals surface area contributed by atoms with Gasteiger partial charge in [0.05, 0.1) is 65.2 Å². The smallest absolute Gasteiger partial charge is 0.416 e. The van der Waals surface area contributed by atoms with Gasteiger partial charge < -0.3 is 18.9 Å². The van der Waals surface area contributed by atoms with Crippen molar-refractivity contribution in [3.8, 4) is 0 Å². The maximum absolute atomic E-state index is 13.0. The Morgan fingerprint density at radius 2 is 0.843 bits per heavy atom. The van der Waals surface area contributed by atoms with Crippen LogP contribution in [0.1, 0.15) is 135 Å². The molecule has 83 heavy (non-hydrogen) atoms. The minimum atomic E-state index is -4.42. The Morgan fingerprint density at radius 3 is 1.31 bits per heavy atom. The molecule has 9 nitrogen and oxygen atoms in total. The Labute approximate surface area is 519 Å². The highest BCUT2D eigenvalue weighted by Gasteiger charge is 2.36. The van der Waals surface area contributed by atoms with Crippen LogP contribution >= 0.6 is 77.7 Å². The van der Waals surface area contributed by atoms with Crippen LogP contribution in [0.4, 0.5) is 26.3 Å². The minimum Gasteiger partial charge on any atom is -0.462 e. The van der Waals surface area contributed by atoms with E-state index in [9.17, 15) is 50.3 Å². The number of hydrogen-bond acceptors (Lipinski definition) is 9. The zero-order chi connectivity index (χ0) is 62.3. The number of hydrogen-bond donors (Lipinski definition) is 0. The van der Waals surface area contributed by atoms with Crippen LogP contribution in [0, 0.1) is 3.57 Å². The quantitative estimate of drug-likeness (QED) is 0.0365. The Bertz CT molecular complexity index is 3210. The molecule has 7 aromatic rings. The van der Waals surface area contributed by atoms with Crippen molar-refractivity contribution in [2.24, 2.45) is 0 Å². The van der Waals surface area contributed by atoms with Crippen molar-refractivity contribution in [1.29, 1.82) is 0 Å². The minimum absolute atomic E-state index is 0.0779. The van der Waals surface area contributed by atoms with Crippen molar-refractivity contribution in [3.63, 3.8) is 0 Å². The zero-order valence-corrected chi connectivity index (χ0v) is 53.1. The van der Waals surface area contributed by atoms with E-state index in [0.717, 1.165) is 33.2 Å². The first kappa shape index (κ1) is 71.2. The first-order chi connectivity index (χ1) is 38.9. The molecule has 0 saturated carbocycles. The van der Waals surface area contributed by atoms with Crippen LogP contribution in [0.25, 0.3) is 0 Å². The van der Waals surface area contributed by atoms with Gasteiger partial charge >= 0.3 is 36.2 Å². The van der Waals surface area contributed by atoms with Crippen LogP contribution in [-0.4, -0.2) is 56.1 Å². The number of carbonyl (C=O) groups is 5. The van der Waals surface area contributed by atoms with Crippen molar-refractivity contribution in [2.45, 2.75) is 78.6 Å². The summed E-state index contributed by atoms with van der Waals surface area (Å²) in [5, 5.41) is 1.09. The Kier molecular flexibility index (Phi) is 28.7. The molecule has 0 atom stereocenters. The summed E-state index contributed by atoms with van der Waals surface area (Å²) in [5.41, 5.74) is 0.992. The van der Waals surface area contributed by atoms with Crippen LogP contribution in [0.5, 0.6) is 0 Å². The van der Waals surface area contributed by atoms with E-state index in [1.807, 2.05) is 52.9 Å². The van der Waals surface area contributed by atoms with Gasteiger partial charge in [-0.15, -0.1) is 0 Å². The van der Waals surface area contributed by atoms with Gasteiger partial charge in [-0.05, 0) is 190 Å². The molecule has 0 saturated heterocycles. The highest BCUT2D eigenvalue weighted by Crippen LogP contribution is 2.39. The topological polar surface area (TPSA) is 122 Å².